The van der Waals surface area contributed by atoms with Crippen LogP contribution in [0.4, 0.5) is 19.0 Å². The van der Waals surface area contributed by atoms with E-state index in [9.17, 15) is 13.2 Å². The van der Waals surface area contributed by atoms with Gasteiger partial charge in [0.1, 0.15) is 5.82 Å². The van der Waals surface area contributed by atoms with E-state index >= 15 is 0 Å². The largest absolute Gasteiger partial charge is 0.419 e. The minimum Gasteiger partial charge on any atom is -0.369 e. The molecular weight excluding hydrogens is 277 g/mol. The first-order valence-corrected chi connectivity index (χ1v) is 6.62. The van der Waals surface area contributed by atoms with Crippen LogP contribution in [0.2, 0.25) is 0 Å². The maximum Gasteiger partial charge on any atom is 0.419 e. The minimum atomic E-state index is -4.39. The maximum atomic E-state index is 12.8. The third-order valence-electron chi connectivity index (χ3n) is 2.83. The summed E-state index contributed by atoms with van der Waals surface area (Å²) in [5.74, 6) is 0.440. The van der Waals surface area contributed by atoms with Crippen molar-refractivity contribution in [1.82, 2.24) is 4.98 Å². The molecule has 0 atom stereocenters. The summed E-state index contributed by atoms with van der Waals surface area (Å²) in [6, 6.07) is 2.31. The third-order valence-corrected chi connectivity index (χ3v) is 3.10. The summed E-state index contributed by atoms with van der Waals surface area (Å²) in [5.41, 5.74) is -0.863. The molecule has 1 rings (SSSR count). The number of rotatable bonds is 6. The van der Waals surface area contributed by atoms with Crippen LogP contribution in [-0.4, -0.2) is 17.4 Å². The molecule has 0 bridgehead atoms. The summed E-state index contributed by atoms with van der Waals surface area (Å²) in [6.07, 6.45) is -1.36. The van der Waals surface area contributed by atoms with E-state index < -0.39 is 11.7 Å². The van der Waals surface area contributed by atoms with Crippen molar-refractivity contribution in [2.75, 3.05) is 17.7 Å². The molecule has 2 nitrogen and oxygen atoms in total. The van der Waals surface area contributed by atoms with Crippen LogP contribution in [0.1, 0.15) is 32.3 Å². The second kappa shape index (κ2) is 6.46. The molecule has 0 radical (unpaired) electrons. The van der Waals surface area contributed by atoms with Crippen molar-refractivity contribution in [1.29, 1.82) is 0 Å². The Morgan fingerprint density at radius 3 is 2.58 bits per heavy atom. The Bertz CT molecular complexity index is 405. The summed E-state index contributed by atoms with van der Waals surface area (Å²) < 4.78 is 38.3. The van der Waals surface area contributed by atoms with E-state index in [4.69, 9.17) is 11.6 Å². The van der Waals surface area contributed by atoms with E-state index in [1.54, 1.807) is 0 Å². The fraction of sp³-hybridized carbons (Fsp3) is 0.615. The summed E-state index contributed by atoms with van der Waals surface area (Å²) in [5, 5.41) is 2.79. The summed E-state index contributed by atoms with van der Waals surface area (Å²) >= 11 is 5.63. The fourth-order valence-electron chi connectivity index (χ4n) is 1.73. The molecule has 108 valence electrons. The molecule has 0 spiro atoms. The summed E-state index contributed by atoms with van der Waals surface area (Å²) in [4.78, 5) is 3.77. The van der Waals surface area contributed by atoms with Gasteiger partial charge in [0, 0.05) is 18.6 Å². The Morgan fingerprint density at radius 2 is 2.00 bits per heavy atom. The smallest absolute Gasteiger partial charge is 0.369 e. The number of alkyl halides is 4. The highest BCUT2D eigenvalue weighted by Crippen LogP contribution is 2.34. The van der Waals surface area contributed by atoms with Gasteiger partial charge in [-0.2, -0.15) is 13.2 Å². The van der Waals surface area contributed by atoms with Gasteiger partial charge in [-0.25, -0.2) is 4.98 Å². The van der Waals surface area contributed by atoms with E-state index in [1.807, 2.05) is 13.8 Å². The van der Waals surface area contributed by atoms with Gasteiger partial charge in [-0.3, -0.25) is 0 Å². The van der Waals surface area contributed by atoms with E-state index in [-0.39, 0.29) is 11.2 Å². The zero-order valence-electron chi connectivity index (χ0n) is 11.0. The lowest BCUT2D eigenvalue weighted by Gasteiger charge is -2.25. The fourth-order valence-corrected chi connectivity index (χ4v) is 1.87. The van der Waals surface area contributed by atoms with Gasteiger partial charge in [-0.05, 0) is 30.4 Å². The number of halogens is 4. The molecule has 0 aliphatic carbocycles. The average Bonchev–Trinajstić information content (AvgIpc) is 2.33. The Balaban J connectivity index is 2.73. The van der Waals surface area contributed by atoms with Crippen LogP contribution >= 0.6 is 11.6 Å². The number of anilines is 1. The number of nitrogens with one attached hydrogen (secondary N) is 1. The van der Waals surface area contributed by atoms with E-state index in [2.05, 4.69) is 10.3 Å². The SMILES string of the molecule is CC(C)(CCCCl)CNc1ncccc1C(F)(F)F. The van der Waals surface area contributed by atoms with Gasteiger partial charge < -0.3 is 5.32 Å². The highest BCUT2D eigenvalue weighted by molar-refractivity contribution is 6.17. The van der Waals surface area contributed by atoms with Gasteiger partial charge >= 0.3 is 6.18 Å². The van der Waals surface area contributed by atoms with Crippen LogP contribution in [0.15, 0.2) is 18.3 Å². The average molecular weight is 295 g/mol. The molecule has 0 saturated heterocycles. The Labute approximate surface area is 116 Å². The van der Waals surface area contributed by atoms with Crippen LogP contribution in [0.25, 0.3) is 0 Å². The normalized spacial score (nSPS) is 12.5. The van der Waals surface area contributed by atoms with Crippen LogP contribution < -0.4 is 5.32 Å². The van der Waals surface area contributed by atoms with Crippen molar-refractivity contribution >= 4 is 17.4 Å². The lowest BCUT2D eigenvalue weighted by molar-refractivity contribution is -0.137. The molecule has 1 aromatic rings. The molecule has 6 heteroatoms. The zero-order chi connectivity index (χ0) is 14.5. The zero-order valence-corrected chi connectivity index (χ0v) is 11.8. The molecule has 0 unspecified atom stereocenters. The van der Waals surface area contributed by atoms with Crippen molar-refractivity contribution in [3.63, 3.8) is 0 Å². The monoisotopic (exact) mass is 294 g/mol. The lowest BCUT2D eigenvalue weighted by atomic mass is 9.88. The maximum absolute atomic E-state index is 12.8. The quantitative estimate of drug-likeness (QED) is 0.778. The molecule has 0 amide bonds. The Morgan fingerprint density at radius 1 is 1.32 bits per heavy atom. The van der Waals surface area contributed by atoms with Gasteiger partial charge in [0.15, 0.2) is 0 Å². The van der Waals surface area contributed by atoms with E-state index in [0.29, 0.717) is 12.4 Å². The van der Waals surface area contributed by atoms with Gasteiger partial charge in [-0.15, -0.1) is 11.6 Å². The second-order valence-electron chi connectivity index (χ2n) is 5.21. The number of hydrogen-bond acceptors (Lipinski definition) is 2. The highest BCUT2D eigenvalue weighted by atomic mass is 35.5. The Kier molecular flexibility index (Phi) is 5.47. The molecule has 1 heterocycles. The van der Waals surface area contributed by atoms with Crippen molar-refractivity contribution < 1.29 is 13.2 Å². The molecular formula is C13H18ClF3N2. The second-order valence-corrected chi connectivity index (χ2v) is 5.59. The van der Waals surface area contributed by atoms with Crippen LogP contribution in [-0.2, 0) is 6.18 Å². The topological polar surface area (TPSA) is 24.9 Å². The van der Waals surface area contributed by atoms with Crippen molar-refractivity contribution in [2.24, 2.45) is 5.41 Å². The molecule has 0 fully saturated rings. The summed E-state index contributed by atoms with van der Waals surface area (Å²) in [6.45, 7) is 4.40. The van der Waals surface area contributed by atoms with Gasteiger partial charge in [-0.1, -0.05) is 13.8 Å². The van der Waals surface area contributed by atoms with Gasteiger partial charge in [0.2, 0.25) is 0 Å². The predicted octanol–water partition coefficient (Wildman–Crippen LogP) is 4.56. The van der Waals surface area contributed by atoms with Crippen LogP contribution in [0.3, 0.4) is 0 Å². The summed E-state index contributed by atoms with van der Waals surface area (Å²) in [7, 11) is 0. The van der Waals surface area contributed by atoms with Crippen molar-refractivity contribution in [3.8, 4) is 0 Å². The number of pyridine rings is 1. The van der Waals surface area contributed by atoms with Crippen molar-refractivity contribution in [3.05, 3.63) is 23.9 Å². The van der Waals surface area contributed by atoms with Crippen molar-refractivity contribution in [2.45, 2.75) is 32.9 Å². The first-order valence-electron chi connectivity index (χ1n) is 6.08. The molecule has 1 N–H and O–H groups in total. The predicted molar refractivity (Wildman–Crippen MR) is 71.5 cm³/mol. The molecule has 0 aromatic carbocycles. The van der Waals surface area contributed by atoms with Gasteiger partial charge in [0.05, 0.1) is 5.56 Å². The molecule has 19 heavy (non-hydrogen) atoms. The molecule has 0 aliphatic rings. The number of nitrogens with zero attached hydrogens (tertiary/aromatic N) is 1. The van der Waals surface area contributed by atoms with E-state index in [1.165, 1.54) is 12.3 Å². The van der Waals surface area contributed by atoms with Gasteiger partial charge in [0.25, 0.3) is 0 Å². The molecule has 0 aliphatic heterocycles. The third kappa shape index (κ3) is 5.27. The Hall–Kier alpha value is -0.970. The van der Waals surface area contributed by atoms with Crippen LogP contribution in [0, 0.1) is 5.41 Å². The first kappa shape index (κ1) is 16.1. The minimum absolute atomic E-state index is 0.117. The van der Waals surface area contributed by atoms with Crippen LogP contribution in [0.5, 0.6) is 0 Å². The first-order chi connectivity index (χ1) is 8.76. The number of aromatic nitrogens is 1. The number of hydrogen-bond donors (Lipinski definition) is 1. The van der Waals surface area contributed by atoms with E-state index in [0.717, 1.165) is 18.9 Å². The standard InChI is InChI=1S/C13H18ClF3N2/c1-12(2,6-4-7-14)9-19-11-10(13(15,16)17)5-3-8-18-11/h3,5,8H,4,6-7,9H2,1-2H3,(H,18,19). The lowest BCUT2D eigenvalue weighted by Crippen LogP contribution is -2.25. The molecule has 0 saturated carbocycles. The molecule has 1 aromatic heterocycles. The highest BCUT2D eigenvalue weighted by Gasteiger charge is 2.34.